The third kappa shape index (κ3) is 8.71. The van der Waals surface area contributed by atoms with Crippen molar-refractivity contribution in [2.24, 2.45) is 5.92 Å². The number of fused-ring (bicyclic) bond motifs is 3. The Balaban J connectivity index is 1.75. The number of hydrogen-bond acceptors (Lipinski definition) is 0. The summed E-state index contributed by atoms with van der Waals surface area (Å²) < 4.78 is 2.53. The fourth-order valence-electron chi connectivity index (χ4n) is 5.84. The van der Waals surface area contributed by atoms with Crippen LogP contribution in [-0.4, -0.2) is 4.57 Å². The average molecular weight is 496 g/mol. The van der Waals surface area contributed by atoms with Gasteiger partial charge in [-0.15, -0.1) is 12.8 Å². The lowest BCUT2D eigenvalue weighted by molar-refractivity contribution is 0.364. The second-order valence-electron chi connectivity index (χ2n) is 11.0. The van der Waals surface area contributed by atoms with Gasteiger partial charge in [0.15, 0.2) is 0 Å². The van der Waals surface area contributed by atoms with Gasteiger partial charge in [-0.05, 0) is 43.0 Å². The van der Waals surface area contributed by atoms with E-state index in [1.807, 2.05) is 0 Å². The second kappa shape index (κ2) is 16.3. The Morgan fingerprint density at radius 3 is 1.41 bits per heavy atom. The SMILES string of the molecule is C#Cc1ccc2c3ccc(C#C)cc3n(CC(CCCCCCCC)CCCCCCCCCC)c2c1. The minimum atomic E-state index is 0.689. The Kier molecular flexibility index (Phi) is 12.7. The molecule has 37 heavy (non-hydrogen) atoms. The van der Waals surface area contributed by atoms with Crippen molar-refractivity contribution in [1.29, 1.82) is 0 Å². The van der Waals surface area contributed by atoms with Gasteiger partial charge in [0.25, 0.3) is 0 Å². The molecule has 0 bridgehead atoms. The van der Waals surface area contributed by atoms with Crippen LogP contribution in [0.25, 0.3) is 21.8 Å². The van der Waals surface area contributed by atoms with Crippen LogP contribution in [0.1, 0.15) is 128 Å². The summed E-state index contributed by atoms with van der Waals surface area (Å²) in [6.07, 6.45) is 33.4. The molecule has 0 saturated heterocycles. The van der Waals surface area contributed by atoms with Crippen molar-refractivity contribution < 1.29 is 0 Å². The highest BCUT2D eigenvalue weighted by molar-refractivity contribution is 6.08. The minimum Gasteiger partial charge on any atom is -0.340 e. The molecule has 0 fully saturated rings. The van der Waals surface area contributed by atoms with E-state index in [0.29, 0.717) is 5.92 Å². The van der Waals surface area contributed by atoms with Crippen molar-refractivity contribution in [1.82, 2.24) is 4.57 Å². The van der Waals surface area contributed by atoms with E-state index in [1.165, 1.54) is 125 Å². The molecular formula is C36H49N. The van der Waals surface area contributed by atoms with Gasteiger partial charge in [-0.1, -0.05) is 128 Å². The first-order chi connectivity index (χ1) is 18.2. The van der Waals surface area contributed by atoms with Crippen LogP contribution >= 0.6 is 0 Å². The number of aromatic nitrogens is 1. The van der Waals surface area contributed by atoms with Crippen LogP contribution in [0.15, 0.2) is 36.4 Å². The molecule has 0 amide bonds. The van der Waals surface area contributed by atoms with Gasteiger partial charge in [0.2, 0.25) is 0 Å². The number of benzene rings is 2. The number of rotatable bonds is 18. The predicted molar refractivity (Wildman–Crippen MR) is 164 cm³/mol. The fraction of sp³-hybridized carbons (Fsp3) is 0.556. The summed E-state index contributed by atoms with van der Waals surface area (Å²) in [6.45, 7) is 5.64. The number of hydrogen-bond donors (Lipinski definition) is 0. The first-order valence-corrected chi connectivity index (χ1v) is 15.2. The highest BCUT2D eigenvalue weighted by atomic mass is 15.0. The van der Waals surface area contributed by atoms with E-state index in [4.69, 9.17) is 12.8 Å². The second-order valence-corrected chi connectivity index (χ2v) is 11.0. The summed E-state index contributed by atoms with van der Waals surface area (Å²) in [6, 6.07) is 12.9. The molecule has 1 nitrogen and oxygen atoms in total. The Hall–Kier alpha value is -2.64. The molecule has 0 N–H and O–H groups in total. The standard InChI is InChI=1S/C36H49N/c1-5-9-11-13-15-16-18-20-22-32(21-19-17-14-12-10-6-2)29-37-35-27-30(7-3)23-25-33(35)34-26-24-31(8-4)28-36(34)37/h3-4,23-28,32H,5-6,9-22,29H2,1-2H3. The summed E-state index contributed by atoms with van der Waals surface area (Å²) in [5.41, 5.74) is 4.40. The molecule has 1 heterocycles. The van der Waals surface area contributed by atoms with Gasteiger partial charge >= 0.3 is 0 Å². The van der Waals surface area contributed by atoms with Gasteiger partial charge < -0.3 is 4.57 Å². The van der Waals surface area contributed by atoms with Gasteiger partial charge in [0.05, 0.1) is 11.0 Å². The smallest absolute Gasteiger partial charge is 0.0503 e. The third-order valence-electron chi connectivity index (χ3n) is 8.07. The Morgan fingerprint density at radius 2 is 1.00 bits per heavy atom. The lowest BCUT2D eigenvalue weighted by Gasteiger charge is -2.20. The summed E-state index contributed by atoms with van der Waals surface area (Å²) in [4.78, 5) is 0. The molecule has 1 atom stereocenters. The monoisotopic (exact) mass is 495 g/mol. The summed E-state index contributed by atoms with van der Waals surface area (Å²) >= 11 is 0. The molecular weight excluding hydrogens is 446 g/mol. The molecule has 198 valence electrons. The maximum absolute atomic E-state index is 5.79. The van der Waals surface area contributed by atoms with Crippen LogP contribution in [0.5, 0.6) is 0 Å². The zero-order valence-corrected chi connectivity index (χ0v) is 23.7. The molecule has 0 aliphatic carbocycles. The normalized spacial score (nSPS) is 12.1. The largest absolute Gasteiger partial charge is 0.340 e. The third-order valence-corrected chi connectivity index (χ3v) is 8.07. The fourth-order valence-corrected chi connectivity index (χ4v) is 5.84. The van der Waals surface area contributed by atoms with Gasteiger partial charge in [0.1, 0.15) is 0 Å². The lowest BCUT2D eigenvalue weighted by Crippen LogP contribution is -2.11. The quantitative estimate of drug-likeness (QED) is 0.122. The molecule has 1 heteroatoms. The van der Waals surface area contributed by atoms with Crippen molar-refractivity contribution in [3.63, 3.8) is 0 Å². The lowest BCUT2D eigenvalue weighted by atomic mass is 9.93. The molecule has 0 aliphatic rings. The van der Waals surface area contributed by atoms with Crippen molar-refractivity contribution in [2.75, 3.05) is 0 Å². The summed E-state index contributed by atoms with van der Waals surface area (Å²) in [7, 11) is 0. The molecule has 2 aromatic carbocycles. The average Bonchev–Trinajstić information content (AvgIpc) is 3.23. The maximum Gasteiger partial charge on any atom is 0.0503 e. The van der Waals surface area contributed by atoms with E-state index in [1.54, 1.807) is 0 Å². The van der Waals surface area contributed by atoms with E-state index >= 15 is 0 Å². The van der Waals surface area contributed by atoms with Crippen LogP contribution in [0, 0.1) is 30.6 Å². The minimum absolute atomic E-state index is 0.689. The van der Waals surface area contributed by atoms with Crippen LogP contribution < -0.4 is 0 Å². The number of unbranched alkanes of at least 4 members (excludes halogenated alkanes) is 12. The Bertz CT molecular complexity index is 1090. The van der Waals surface area contributed by atoms with Crippen LogP contribution in [0.3, 0.4) is 0 Å². The van der Waals surface area contributed by atoms with Gasteiger partial charge in [0, 0.05) is 28.4 Å². The van der Waals surface area contributed by atoms with E-state index in [9.17, 15) is 0 Å². The van der Waals surface area contributed by atoms with Crippen molar-refractivity contribution >= 4 is 21.8 Å². The number of terminal acetylenes is 2. The Labute approximate surface area is 227 Å². The van der Waals surface area contributed by atoms with Crippen LogP contribution in [0.4, 0.5) is 0 Å². The first kappa shape index (κ1) is 28.9. The van der Waals surface area contributed by atoms with Crippen molar-refractivity contribution in [3.8, 4) is 24.7 Å². The van der Waals surface area contributed by atoms with Crippen molar-refractivity contribution in [3.05, 3.63) is 47.5 Å². The predicted octanol–water partition coefficient (Wildman–Crippen LogP) is 10.7. The molecule has 0 saturated carbocycles. The molecule has 0 radical (unpaired) electrons. The zero-order chi connectivity index (χ0) is 26.3. The molecule has 1 unspecified atom stereocenters. The van der Waals surface area contributed by atoms with E-state index < -0.39 is 0 Å². The van der Waals surface area contributed by atoms with Crippen LogP contribution in [0.2, 0.25) is 0 Å². The number of nitrogens with zero attached hydrogens (tertiary/aromatic N) is 1. The van der Waals surface area contributed by atoms with Crippen molar-refractivity contribution in [2.45, 2.75) is 123 Å². The topological polar surface area (TPSA) is 4.93 Å². The summed E-state index contributed by atoms with van der Waals surface area (Å²) in [5, 5.41) is 2.56. The van der Waals surface area contributed by atoms with E-state index in [2.05, 4.69) is 66.7 Å². The van der Waals surface area contributed by atoms with Crippen LogP contribution in [-0.2, 0) is 6.54 Å². The van der Waals surface area contributed by atoms with Gasteiger partial charge in [-0.25, -0.2) is 0 Å². The van der Waals surface area contributed by atoms with Gasteiger partial charge in [-0.3, -0.25) is 0 Å². The van der Waals surface area contributed by atoms with E-state index in [-0.39, 0.29) is 0 Å². The van der Waals surface area contributed by atoms with Gasteiger partial charge in [-0.2, -0.15) is 0 Å². The molecule has 3 aromatic rings. The van der Waals surface area contributed by atoms with E-state index in [0.717, 1.165) is 17.7 Å². The Morgan fingerprint density at radius 1 is 0.595 bits per heavy atom. The highest BCUT2D eigenvalue weighted by Crippen LogP contribution is 2.33. The first-order valence-electron chi connectivity index (χ1n) is 15.2. The molecule has 0 spiro atoms. The molecule has 1 aromatic heterocycles. The maximum atomic E-state index is 5.79. The zero-order valence-electron chi connectivity index (χ0n) is 23.7. The highest BCUT2D eigenvalue weighted by Gasteiger charge is 2.16. The summed E-state index contributed by atoms with van der Waals surface area (Å²) in [5.74, 6) is 6.38. The molecule has 0 aliphatic heterocycles. The molecule has 3 rings (SSSR count).